The smallest absolute Gasteiger partial charge is 0.279 e. The molecule has 0 aliphatic rings. The van der Waals surface area contributed by atoms with E-state index in [1.54, 1.807) is 18.2 Å². The van der Waals surface area contributed by atoms with Crippen LogP contribution in [0.2, 0.25) is 0 Å². The van der Waals surface area contributed by atoms with Gasteiger partial charge in [0, 0.05) is 16.9 Å². The molecule has 0 atom stereocenters. The van der Waals surface area contributed by atoms with Crippen LogP contribution in [0.4, 0.5) is 9.52 Å². The molecule has 1 N–H and O–H groups in total. The first-order chi connectivity index (χ1) is 11.3. The predicted molar refractivity (Wildman–Crippen MR) is 90.7 cm³/mol. The van der Waals surface area contributed by atoms with Gasteiger partial charge < -0.3 is 4.52 Å². The van der Waals surface area contributed by atoms with Gasteiger partial charge in [0.25, 0.3) is 5.91 Å². The molecule has 7 heteroatoms. The molecule has 0 bridgehead atoms. The molecule has 24 heavy (non-hydrogen) atoms. The number of anilines is 1. The van der Waals surface area contributed by atoms with Gasteiger partial charge in [-0.05, 0) is 12.1 Å². The van der Waals surface area contributed by atoms with Gasteiger partial charge in [-0.3, -0.25) is 10.1 Å². The number of hydrogen-bond acceptors (Lipinski definition) is 5. The van der Waals surface area contributed by atoms with Gasteiger partial charge in [0.1, 0.15) is 5.82 Å². The molecule has 0 aliphatic heterocycles. The van der Waals surface area contributed by atoms with Crippen molar-refractivity contribution in [2.45, 2.75) is 26.2 Å². The first kappa shape index (κ1) is 16.3. The Morgan fingerprint density at radius 2 is 2.04 bits per heavy atom. The van der Waals surface area contributed by atoms with Crippen LogP contribution >= 0.6 is 11.3 Å². The van der Waals surface area contributed by atoms with E-state index in [1.165, 1.54) is 23.5 Å². The number of aromatic nitrogens is 2. The molecule has 0 fully saturated rings. The van der Waals surface area contributed by atoms with Crippen LogP contribution in [-0.4, -0.2) is 16.0 Å². The van der Waals surface area contributed by atoms with Crippen molar-refractivity contribution in [3.8, 4) is 11.3 Å². The molecule has 0 aliphatic carbocycles. The van der Waals surface area contributed by atoms with Gasteiger partial charge in [0.2, 0.25) is 0 Å². The van der Waals surface area contributed by atoms with Crippen LogP contribution in [0.15, 0.2) is 40.2 Å². The monoisotopic (exact) mass is 345 g/mol. The number of rotatable bonds is 3. The number of benzene rings is 1. The van der Waals surface area contributed by atoms with E-state index >= 15 is 0 Å². The van der Waals surface area contributed by atoms with Crippen molar-refractivity contribution >= 4 is 22.4 Å². The summed E-state index contributed by atoms with van der Waals surface area (Å²) in [5.41, 5.74) is 1.13. The molecule has 0 unspecified atom stereocenters. The van der Waals surface area contributed by atoms with Crippen molar-refractivity contribution in [3.05, 3.63) is 52.9 Å². The lowest BCUT2D eigenvalue weighted by Gasteiger charge is -2.14. The second-order valence-corrected chi connectivity index (χ2v) is 7.16. The molecule has 1 aromatic carbocycles. The number of hydrogen-bond donors (Lipinski definition) is 1. The van der Waals surface area contributed by atoms with E-state index in [-0.39, 0.29) is 22.4 Å². The lowest BCUT2D eigenvalue weighted by atomic mass is 9.93. The highest BCUT2D eigenvalue weighted by molar-refractivity contribution is 7.14. The maximum atomic E-state index is 13.8. The Labute approximate surface area is 142 Å². The average molecular weight is 345 g/mol. The fourth-order valence-corrected chi connectivity index (χ4v) is 2.94. The molecular weight excluding hydrogens is 329 g/mol. The third kappa shape index (κ3) is 3.35. The molecule has 0 saturated heterocycles. The zero-order valence-corrected chi connectivity index (χ0v) is 14.3. The van der Waals surface area contributed by atoms with Crippen LogP contribution in [0.25, 0.3) is 11.3 Å². The summed E-state index contributed by atoms with van der Waals surface area (Å²) < 4.78 is 18.8. The highest BCUT2D eigenvalue weighted by atomic mass is 32.1. The first-order valence-electron chi connectivity index (χ1n) is 7.33. The van der Waals surface area contributed by atoms with E-state index in [2.05, 4.69) is 15.5 Å². The van der Waals surface area contributed by atoms with E-state index in [0.717, 1.165) is 5.69 Å². The van der Waals surface area contributed by atoms with Crippen molar-refractivity contribution < 1.29 is 13.7 Å². The summed E-state index contributed by atoms with van der Waals surface area (Å²) in [4.78, 5) is 16.6. The number of carbonyl (C=O) groups is 1. The lowest BCUT2D eigenvalue weighted by Crippen LogP contribution is -2.14. The first-order valence-corrected chi connectivity index (χ1v) is 8.21. The van der Waals surface area contributed by atoms with Crippen LogP contribution in [0.1, 0.15) is 37.0 Å². The largest absolute Gasteiger partial charge is 0.355 e. The van der Waals surface area contributed by atoms with Crippen molar-refractivity contribution in [2.75, 3.05) is 5.32 Å². The molecule has 5 nitrogen and oxygen atoms in total. The molecule has 3 aromatic rings. The normalized spacial score (nSPS) is 11.5. The van der Waals surface area contributed by atoms with E-state index in [9.17, 15) is 9.18 Å². The predicted octanol–water partition coefficient (Wildman–Crippen LogP) is 4.49. The van der Waals surface area contributed by atoms with Crippen molar-refractivity contribution in [1.29, 1.82) is 0 Å². The van der Waals surface area contributed by atoms with Crippen LogP contribution < -0.4 is 5.32 Å². The van der Waals surface area contributed by atoms with E-state index < -0.39 is 11.7 Å². The number of thiazole rings is 1. The maximum absolute atomic E-state index is 13.8. The van der Waals surface area contributed by atoms with Gasteiger partial charge in [-0.2, -0.15) is 0 Å². The Balaban J connectivity index is 1.77. The van der Waals surface area contributed by atoms with Gasteiger partial charge in [-0.25, -0.2) is 9.37 Å². The van der Waals surface area contributed by atoms with Crippen molar-refractivity contribution in [1.82, 2.24) is 10.1 Å². The molecular formula is C17H16FN3O2S. The standard InChI is InChI=1S/C17H16FN3O2S/c1-17(2,3)14-9-24-16(19-14)20-15(22)12-8-13(23-21-12)10-6-4-5-7-11(10)18/h4-9H,1-3H3,(H,19,20,22). The third-order valence-corrected chi connectivity index (χ3v) is 4.13. The topological polar surface area (TPSA) is 68.0 Å². The van der Waals surface area contributed by atoms with Gasteiger partial charge in [0.15, 0.2) is 16.6 Å². The fourth-order valence-electron chi connectivity index (χ4n) is 2.01. The molecule has 0 saturated carbocycles. The molecule has 0 spiro atoms. The Bertz CT molecular complexity index is 880. The highest BCUT2D eigenvalue weighted by Crippen LogP contribution is 2.27. The summed E-state index contributed by atoms with van der Waals surface area (Å²) in [6, 6.07) is 7.56. The van der Waals surface area contributed by atoms with Crippen LogP contribution in [0.5, 0.6) is 0 Å². The van der Waals surface area contributed by atoms with Crippen molar-refractivity contribution in [2.24, 2.45) is 0 Å². The summed E-state index contributed by atoms with van der Waals surface area (Å²) >= 11 is 1.34. The van der Waals surface area contributed by atoms with E-state index in [4.69, 9.17) is 4.52 Å². The number of nitrogens with one attached hydrogen (secondary N) is 1. The minimum Gasteiger partial charge on any atom is -0.355 e. The number of nitrogens with zero attached hydrogens (tertiary/aromatic N) is 2. The summed E-state index contributed by atoms with van der Waals surface area (Å²) in [5, 5.41) is 8.78. The van der Waals surface area contributed by atoms with Crippen LogP contribution in [-0.2, 0) is 5.41 Å². The van der Waals surface area contributed by atoms with Gasteiger partial charge in [0.05, 0.1) is 11.3 Å². The Kier molecular flexibility index (Phi) is 4.19. The van der Waals surface area contributed by atoms with Gasteiger partial charge in [-0.1, -0.05) is 38.1 Å². The molecule has 3 rings (SSSR count). The maximum Gasteiger partial charge on any atom is 0.279 e. The summed E-state index contributed by atoms with van der Waals surface area (Å²) in [7, 11) is 0. The number of halogens is 1. The Morgan fingerprint density at radius 3 is 2.71 bits per heavy atom. The van der Waals surface area contributed by atoms with Gasteiger partial charge in [-0.15, -0.1) is 11.3 Å². The quantitative estimate of drug-likeness (QED) is 0.759. The van der Waals surface area contributed by atoms with E-state index in [1.807, 2.05) is 26.2 Å². The second kappa shape index (κ2) is 6.16. The van der Waals surface area contributed by atoms with Crippen LogP contribution in [0.3, 0.4) is 0 Å². The number of carbonyl (C=O) groups excluding carboxylic acids is 1. The Morgan fingerprint density at radius 1 is 1.29 bits per heavy atom. The summed E-state index contributed by atoms with van der Waals surface area (Å²) in [6.07, 6.45) is 0. The van der Waals surface area contributed by atoms with Crippen molar-refractivity contribution in [3.63, 3.8) is 0 Å². The van der Waals surface area contributed by atoms with E-state index in [0.29, 0.717) is 5.13 Å². The molecule has 0 radical (unpaired) electrons. The highest BCUT2D eigenvalue weighted by Gasteiger charge is 2.20. The molecule has 1 amide bonds. The minimum atomic E-state index is -0.448. The average Bonchev–Trinajstić information content (AvgIpc) is 3.16. The summed E-state index contributed by atoms with van der Waals surface area (Å²) in [6.45, 7) is 6.14. The summed E-state index contributed by atoms with van der Waals surface area (Å²) in [5.74, 6) is -0.681. The Hall–Kier alpha value is -2.54. The molecule has 124 valence electrons. The zero-order valence-electron chi connectivity index (χ0n) is 13.5. The second-order valence-electron chi connectivity index (χ2n) is 6.30. The minimum absolute atomic E-state index is 0.0701. The van der Waals surface area contributed by atoms with Crippen LogP contribution in [0, 0.1) is 5.82 Å². The van der Waals surface area contributed by atoms with Gasteiger partial charge >= 0.3 is 0 Å². The lowest BCUT2D eigenvalue weighted by molar-refractivity contribution is 0.101. The third-order valence-electron chi connectivity index (χ3n) is 3.38. The zero-order chi connectivity index (χ0) is 17.3. The SMILES string of the molecule is CC(C)(C)c1csc(NC(=O)c2cc(-c3ccccc3F)on2)n1. The fraction of sp³-hybridized carbons (Fsp3) is 0.235. The molecule has 2 aromatic heterocycles. The molecule has 2 heterocycles. The number of amides is 1.